The Kier molecular flexibility index (Phi) is 4.79. The summed E-state index contributed by atoms with van der Waals surface area (Å²) in [7, 11) is 0. The van der Waals surface area contributed by atoms with Gasteiger partial charge in [-0.05, 0) is 30.1 Å². The van der Waals surface area contributed by atoms with E-state index in [1.165, 1.54) is 6.42 Å². The summed E-state index contributed by atoms with van der Waals surface area (Å²) in [6.07, 6.45) is 1.30. The zero-order valence-electron chi connectivity index (χ0n) is 8.94. The lowest BCUT2D eigenvalue weighted by Gasteiger charge is -2.26. The van der Waals surface area contributed by atoms with Crippen LogP contribution in [-0.2, 0) is 0 Å². The van der Waals surface area contributed by atoms with Crippen LogP contribution >= 0.6 is 0 Å². The number of hydrogen-bond donors (Lipinski definition) is 0. The Labute approximate surface area is 72.4 Å². The number of rotatable bonds is 4. The van der Waals surface area contributed by atoms with E-state index >= 15 is 0 Å². The van der Waals surface area contributed by atoms with Crippen LogP contribution in [0.5, 0.6) is 0 Å². The van der Waals surface area contributed by atoms with Crippen molar-refractivity contribution in [1.82, 2.24) is 0 Å². The van der Waals surface area contributed by atoms with Gasteiger partial charge in [-0.3, -0.25) is 0 Å². The minimum absolute atomic E-state index is 0.824. The predicted octanol–water partition coefficient (Wildman–Crippen LogP) is 3.92. The fourth-order valence-electron chi connectivity index (χ4n) is 1.71. The van der Waals surface area contributed by atoms with Crippen LogP contribution in [0.3, 0.4) is 0 Å². The third kappa shape index (κ3) is 4.44. The van der Waals surface area contributed by atoms with Crippen molar-refractivity contribution in [3.8, 4) is 0 Å². The molecule has 0 aliphatic carbocycles. The van der Waals surface area contributed by atoms with E-state index in [0.717, 1.165) is 17.8 Å². The summed E-state index contributed by atoms with van der Waals surface area (Å²) in [5.74, 6) is 4.09. The quantitative estimate of drug-likeness (QED) is 0.577. The molecule has 0 N–H and O–H groups in total. The van der Waals surface area contributed by atoms with Crippen molar-refractivity contribution in [1.29, 1.82) is 0 Å². The van der Waals surface area contributed by atoms with E-state index in [2.05, 4.69) is 41.5 Å². The fraction of sp³-hybridized carbons (Fsp3) is 0.909. The van der Waals surface area contributed by atoms with Crippen molar-refractivity contribution in [3.63, 3.8) is 0 Å². The van der Waals surface area contributed by atoms with Crippen LogP contribution in [0.25, 0.3) is 0 Å². The first kappa shape index (κ1) is 11.0. The second-order valence-electron chi connectivity index (χ2n) is 4.56. The van der Waals surface area contributed by atoms with E-state index in [4.69, 9.17) is 0 Å². The van der Waals surface area contributed by atoms with Crippen LogP contribution in [0.15, 0.2) is 0 Å². The first-order valence-corrected chi connectivity index (χ1v) is 4.74. The highest BCUT2D eigenvalue weighted by atomic mass is 14.2. The molecule has 0 atom stereocenters. The highest BCUT2D eigenvalue weighted by molar-refractivity contribution is 4.83. The molecular weight excluding hydrogens is 132 g/mol. The van der Waals surface area contributed by atoms with Crippen LogP contribution in [0.2, 0.25) is 0 Å². The van der Waals surface area contributed by atoms with Crippen LogP contribution in [0, 0.1) is 23.7 Å². The topological polar surface area (TPSA) is 0 Å². The second kappa shape index (κ2) is 4.79. The second-order valence-corrected chi connectivity index (χ2v) is 4.56. The Morgan fingerprint density at radius 1 is 0.909 bits per heavy atom. The monoisotopic (exact) mass is 155 g/mol. The van der Waals surface area contributed by atoms with Gasteiger partial charge in [0.05, 0.1) is 0 Å². The van der Waals surface area contributed by atoms with Gasteiger partial charge in [0.1, 0.15) is 0 Å². The summed E-state index contributed by atoms with van der Waals surface area (Å²) in [6, 6.07) is 0. The Morgan fingerprint density at radius 2 is 1.27 bits per heavy atom. The van der Waals surface area contributed by atoms with Gasteiger partial charge in [-0.2, -0.15) is 0 Å². The van der Waals surface area contributed by atoms with Crippen molar-refractivity contribution >= 4 is 0 Å². The summed E-state index contributed by atoms with van der Waals surface area (Å²) in [5.41, 5.74) is 0. The van der Waals surface area contributed by atoms with E-state index in [-0.39, 0.29) is 0 Å². The van der Waals surface area contributed by atoms with Crippen LogP contribution in [-0.4, -0.2) is 0 Å². The highest BCUT2D eigenvalue weighted by Crippen LogP contribution is 2.27. The summed E-state index contributed by atoms with van der Waals surface area (Å²) < 4.78 is 0. The average molecular weight is 155 g/mol. The van der Waals surface area contributed by atoms with Crippen molar-refractivity contribution in [2.45, 2.75) is 48.0 Å². The van der Waals surface area contributed by atoms with Gasteiger partial charge in [-0.25, -0.2) is 0 Å². The molecule has 0 aromatic carbocycles. The molecule has 0 unspecified atom stereocenters. The average Bonchev–Trinajstić information content (AvgIpc) is 1.81. The van der Waals surface area contributed by atoms with Gasteiger partial charge >= 0.3 is 0 Å². The molecule has 0 nitrogen and oxygen atoms in total. The van der Waals surface area contributed by atoms with Crippen molar-refractivity contribution < 1.29 is 0 Å². The van der Waals surface area contributed by atoms with Crippen molar-refractivity contribution in [3.05, 3.63) is 5.92 Å². The summed E-state index contributed by atoms with van der Waals surface area (Å²) in [6.45, 7) is 13.8. The lowest BCUT2D eigenvalue weighted by atomic mass is 9.80. The normalized spacial score (nSPS) is 12.5. The Hall–Kier alpha value is 0. The summed E-state index contributed by atoms with van der Waals surface area (Å²) in [4.78, 5) is 0. The Morgan fingerprint density at radius 3 is 1.36 bits per heavy atom. The molecule has 0 fully saturated rings. The zero-order chi connectivity index (χ0) is 9.02. The molecule has 0 saturated heterocycles. The van der Waals surface area contributed by atoms with E-state index in [9.17, 15) is 0 Å². The predicted molar refractivity (Wildman–Crippen MR) is 52.4 cm³/mol. The third-order valence-corrected chi connectivity index (χ3v) is 2.36. The van der Waals surface area contributed by atoms with Gasteiger partial charge in [0.25, 0.3) is 0 Å². The van der Waals surface area contributed by atoms with Gasteiger partial charge in [0, 0.05) is 0 Å². The van der Waals surface area contributed by atoms with Crippen LogP contribution in [0.1, 0.15) is 48.0 Å². The van der Waals surface area contributed by atoms with Gasteiger partial charge in [0.2, 0.25) is 0 Å². The van der Waals surface area contributed by atoms with Gasteiger partial charge in [-0.15, -0.1) is 0 Å². The largest absolute Gasteiger partial charge is 0.0625 e. The lowest BCUT2D eigenvalue weighted by molar-refractivity contribution is 0.276. The van der Waals surface area contributed by atoms with Gasteiger partial charge in [0.15, 0.2) is 0 Å². The Balaban J connectivity index is 3.90. The molecule has 0 spiro atoms. The molecular formula is C11H23. The molecule has 11 heavy (non-hydrogen) atoms. The smallest absolute Gasteiger partial charge is 0.0300 e. The minimum atomic E-state index is 0.824. The standard InChI is InChI=1S/C11H23/c1-8(2)7-11(9(3)4)10(5)6/h9-11H,7H2,1-6H3. The van der Waals surface area contributed by atoms with E-state index in [1.54, 1.807) is 5.92 Å². The molecule has 0 aromatic rings. The molecule has 0 aliphatic heterocycles. The minimum Gasteiger partial charge on any atom is -0.0625 e. The van der Waals surface area contributed by atoms with Crippen molar-refractivity contribution in [2.24, 2.45) is 17.8 Å². The van der Waals surface area contributed by atoms with Crippen LogP contribution in [0.4, 0.5) is 0 Å². The fourth-order valence-corrected chi connectivity index (χ4v) is 1.71. The molecule has 0 saturated carbocycles. The number of hydrogen-bond acceptors (Lipinski definition) is 0. The van der Waals surface area contributed by atoms with Crippen LogP contribution < -0.4 is 0 Å². The van der Waals surface area contributed by atoms with E-state index in [0.29, 0.717) is 0 Å². The van der Waals surface area contributed by atoms with Gasteiger partial charge in [-0.1, -0.05) is 41.5 Å². The zero-order valence-corrected chi connectivity index (χ0v) is 8.94. The third-order valence-electron chi connectivity index (χ3n) is 2.36. The first-order chi connectivity index (χ1) is 4.95. The molecule has 0 aromatic heterocycles. The lowest BCUT2D eigenvalue weighted by Crippen LogP contribution is -2.17. The maximum atomic E-state index is 2.33. The molecule has 0 bridgehead atoms. The molecule has 0 amide bonds. The summed E-state index contributed by atoms with van der Waals surface area (Å²) >= 11 is 0. The molecule has 0 heterocycles. The maximum absolute atomic E-state index is 2.33. The van der Waals surface area contributed by atoms with Crippen molar-refractivity contribution in [2.75, 3.05) is 0 Å². The SMILES string of the molecule is C[C](C)CC(C(C)C)C(C)C. The maximum Gasteiger partial charge on any atom is -0.0300 e. The molecule has 67 valence electrons. The highest BCUT2D eigenvalue weighted by Gasteiger charge is 2.18. The van der Waals surface area contributed by atoms with Gasteiger partial charge < -0.3 is 0 Å². The molecule has 0 aliphatic rings. The molecule has 0 heteroatoms. The van der Waals surface area contributed by atoms with E-state index < -0.39 is 0 Å². The first-order valence-electron chi connectivity index (χ1n) is 4.74. The molecule has 0 rings (SSSR count). The van der Waals surface area contributed by atoms with E-state index in [1.807, 2.05) is 0 Å². The summed E-state index contributed by atoms with van der Waals surface area (Å²) in [5, 5.41) is 0. The molecule has 1 radical (unpaired) electrons. The Bertz CT molecular complexity index is 82.2.